The number of amides is 1. The summed E-state index contributed by atoms with van der Waals surface area (Å²) >= 11 is 0. The van der Waals surface area contributed by atoms with Crippen LogP contribution >= 0.6 is 12.4 Å². The molecule has 0 saturated carbocycles. The molecule has 0 atom stereocenters. The molecule has 0 spiro atoms. The van der Waals surface area contributed by atoms with Gasteiger partial charge < -0.3 is 10.6 Å². The summed E-state index contributed by atoms with van der Waals surface area (Å²) in [7, 11) is 0. The lowest BCUT2D eigenvalue weighted by molar-refractivity contribution is 0.102. The molecule has 1 fully saturated rings. The highest BCUT2D eigenvalue weighted by Crippen LogP contribution is 2.21. The van der Waals surface area contributed by atoms with Crippen LogP contribution in [0.5, 0.6) is 0 Å². The van der Waals surface area contributed by atoms with E-state index in [2.05, 4.69) is 26.0 Å². The third kappa shape index (κ3) is 4.01. The maximum absolute atomic E-state index is 12.6. The van der Waals surface area contributed by atoms with Crippen molar-refractivity contribution in [3.8, 4) is 5.69 Å². The van der Waals surface area contributed by atoms with Crippen molar-refractivity contribution in [2.24, 2.45) is 0 Å². The van der Waals surface area contributed by atoms with Crippen molar-refractivity contribution >= 4 is 24.0 Å². The van der Waals surface area contributed by atoms with Crippen LogP contribution in [-0.2, 0) is 0 Å². The van der Waals surface area contributed by atoms with Gasteiger partial charge in [-0.2, -0.15) is 5.10 Å². The van der Waals surface area contributed by atoms with Crippen LogP contribution < -0.4 is 10.6 Å². The molecule has 8 nitrogen and oxygen atoms in total. The number of halogens is 1. The number of aromatic nitrogens is 5. The fraction of sp³-hybridized carbons (Fsp3) is 0.333. The van der Waals surface area contributed by atoms with Gasteiger partial charge in [0.15, 0.2) is 5.69 Å². The van der Waals surface area contributed by atoms with E-state index in [0.29, 0.717) is 17.4 Å². The second-order valence-electron chi connectivity index (χ2n) is 6.40. The number of benzene rings is 1. The van der Waals surface area contributed by atoms with Crippen molar-refractivity contribution in [1.29, 1.82) is 0 Å². The van der Waals surface area contributed by atoms with Gasteiger partial charge in [-0.25, -0.2) is 9.36 Å². The van der Waals surface area contributed by atoms with Gasteiger partial charge in [-0.3, -0.25) is 4.79 Å². The Balaban J connectivity index is 0.00000210. The maximum Gasteiger partial charge on any atom is 0.278 e. The highest BCUT2D eigenvalue weighted by Gasteiger charge is 2.22. The topological polar surface area (TPSA) is 89.7 Å². The molecule has 3 heterocycles. The molecule has 1 aromatic carbocycles. The van der Waals surface area contributed by atoms with E-state index >= 15 is 0 Å². The van der Waals surface area contributed by atoms with Crippen LogP contribution in [0.25, 0.3) is 5.69 Å². The number of hydrogen-bond acceptors (Lipinski definition) is 5. The molecule has 9 heteroatoms. The van der Waals surface area contributed by atoms with Crippen molar-refractivity contribution in [1.82, 2.24) is 30.1 Å². The molecular formula is C18H22ClN7O. The summed E-state index contributed by atoms with van der Waals surface area (Å²) in [5, 5.41) is 18.7. The van der Waals surface area contributed by atoms with Gasteiger partial charge >= 0.3 is 0 Å². The summed E-state index contributed by atoms with van der Waals surface area (Å²) in [6, 6.07) is 9.68. The molecule has 142 valence electrons. The zero-order chi connectivity index (χ0) is 17.9. The highest BCUT2D eigenvalue weighted by atomic mass is 35.5. The number of carbonyl (C=O) groups is 1. The largest absolute Gasteiger partial charge is 0.321 e. The number of anilines is 1. The summed E-state index contributed by atoms with van der Waals surface area (Å²) in [6.45, 7) is 3.83. The van der Waals surface area contributed by atoms with E-state index in [1.807, 2.05) is 48.1 Å². The van der Waals surface area contributed by atoms with E-state index in [1.54, 1.807) is 10.9 Å². The van der Waals surface area contributed by atoms with Gasteiger partial charge in [-0.1, -0.05) is 5.21 Å². The van der Waals surface area contributed by atoms with Crippen molar-refractivity contribution < 1.29 is 4.79 Å². The molecule has 2 N–H and O–H groups in total. The van der Waals surface area contributed by atoms with Crippen molar-refractivity contribution in [3.63, 3.8) is 0 Å². The Morgan fingerprint density at radius 3 is 2.63 bits per heavy atom. The van der Waals surface area contributed by atoms with Crippen molar-refractivity contribution in [2.75, 3.05) is 18.4 Å². The van der Waals surface area contributed by atoms with Gasteiger partial charge in [-0.05, 0) is 63.2 Å². The molecule has 1 aliphatic heterocycles. The van der Waals surface area contributed by atoms with E-state index in [1.165, 1.54) is 0 Å². The van der Waals surface area contributed by atoms with Crippen LogP contribution in [-0.4, -0.2) is 43.8 Å². The Labute approximate surface area is 163 Å². The van der Waals surface area contributed by atoms with Gasteiger partial charge in [-0.15, -0.1) is 17.5 Å². The summed E-state index contributed by atoms with van der Waals surface area (Å²) < 4.78 is 3.65. The molecule has 27 heavy (non-hydrogen) atoms. The predicted octanol–water partition coefficient (Wildman–Crippen LogP) is 2.37. The Kier molecular flexibility index (Phi) is 5.88. The minimum Gasteiger partial charge on any atom is -0.321 e. The molecule has 0 aliphatic carbocycles. The quantitative estimate of drug-likeness (QED) is 0.717. The summed E-state index contributed by atoms with van der Waals surface area (Å²) in [6.07, 6.45) is 5.60. The van der Waals surface area contributed by atoms with Crippen LogP contribution in [0.1, 0.15) is 35.1 Å². The first-order valence-corrected chi connectivity index (χ1v) is 8.76. The normalized spacial score (nSPS) is 14.6. The van der Waals surface area contributed by atoms with Crippen LogP contribution in [0.3, 0.4) is 0 Å². The second kappa shape index (κ2) is 8.32. The van der Waals surface area contributed by atoms with E-state index in [-0.39, 0.29) is 18.3 Å². The van der Waals surface area contributed by atoms with Gasteiger partial charge in [0.25, 0.3) is 5.91 Å². The molecule has 2 aromatic heterocycles. The Hall–Kier alpha value is -2.71. The second-order valence-corrected chi connectivity index (χ2v) is 6.40. The van der Waals surface area contributed by atoms with Crippen molar-refractivity contribution in [3.05, 3.63) is 54.1 Å². The lowest BCUT2D eigenvalue weighted by atomic mass is 10.1. The molecule has 0 unspecified atom stereocenters. The lowest BCUT2D eigenvalue weighted by Gasteiger charge is -2.23. The first-order valence-electron chi connectivity index (χ1n) is 8.76. The molecular weight excluding hydrogens is 366 g/mol. The zero-order valence-corrected chi connectivity index (χ0v) is 15.8. The predicted molar refractivity (Wildman–Crippen MR) is 105 cm³/mol. The van der Waals surface area contributed by atoms with E-state index in [4.69, 9.17) is 0 Å². The average Bonchev–Trinajstić information content (AvgIpc) is 3.33. The first-order chi connectivity index (χ1) is 12.7. The number of nitrogens with one attached hydrogen (secondary N) is 2. The van der Waals surface area contributed by atoms with E-state index in [0.717, 1.165) is 37.3 Å². The SMILES string of the molecule is Cc1c(C(=O)Nc2ccc(-n3cccn3)cc2)nnn1C1CCNCC1.Cl. The van der Waals surface area contributed by atoms with E-state index < -0.39 is 0 Å². The molecule has 1 aliphatic rings. The van der Waals surface area contributed by atoms with Gasteiger partial charge in [0, 0.05) is 18.1 Å². The molecule has 0 radical (unpaired) electrons. The minimum atomic E-state index is -0.241. The average molecular weight is 388 g/mol. The van der Waals surface area contributed by atoms with Crippen LogP contribution in [0, 0.1) is 6.92 Å². The molecule has 3 aromatic rings. The standard InChI is InChI=1S/C18H21N7O.ClH/c1-13-17(22-23-25(13)16-7-10-19-11-8-16)18(26)21-14-3-5-15(6-4-14)24-12-2-9-20-24;/h2-6,9,12,16,19H,7-8,10-11H2,1H3,(H,21,26);1H. The minimum absolute atomic E-state index is 0. The summed E-state index contributed by atoms with van der Waals surface area (Å²) in [5.41, 5.74) is 2.82. The Morgan fingerprint density at radius 2 is 1.96 bits per heavy atom. The molecule has 4 rings (SSSR count). The van der Waals surface area contributed by atoms with Gasteiger partial charge in [0.1, 0.15) is 0 Å². The third-order valence-corrected chi connectivity index (χ3v) is 4.69. The monoisotopic (exact) mass is 387 g/mol. The zero-order valence-electron chi connectivity index (χ0n) is 15.0. The highest BCUT2D eigenvalue weighted by molar-refractivity contribution is 6.03. The van der Waals surface area contributed by atoms with Crippen LogP contribution in [0.4, 0.5) is 5.69 Å². The van der Waals surface area contributed by atoms with Crippen molar-refractivity contribution in [2.45, 2.75) is 25.8 Å². The smallest absolute Gasteiger partial charge is 0.278 e. The lowest BCUT2D eigenvalue weighted by Crippen LogP contribution is -2.30. The Morgan fingerprint density at radius 1 is 1.22 bits per heavy atom. The first kappa shape index (κ1) is 19.1. The maximum atomic E-state index is 12.6. The van der Waals surface area contributed by atoms with Crippen LogP contribution in [0.15, 0.2) is 42.7 Å². The van der Waals surface area contributed by atoms with Gasteiger partial charge in [0.05, 0.1) is 17.4 Å². The number of rotatable bonds is 4. The Bertz CT molecular complexity index is 883. The number of piperidine rings is 1. The fourth-order valence-corrected chi connectivity index (χ4v) is 3.26. The molecule has 0 bridgehead atoms. The summed E-state index contributed by atoms with van der Waals surface area (Å²) in [4.78, 5) is 12.6. The number of hydrogen-bond donors (Lipinski definition) is 2. The third-order valence-electron chi connectivity index (χ3n) is 4.69. The molecule has 1 saturated heterocycles. The van der Waals surface area contributed by atoms with E-state index in [9.17, 15) is 4.79 Å². The summed E-state index contributed by atoms with van der Waals surface area (Å²) in [5.74, 6) is -0.241. The number of nitrogens with zero attached hydrogens (tertiary/aromatic N) is 5. The van der Waals surface area contributed by atoms with Gasteiger partial charge in [0.2, 0.25) is 0 Å². The number of carbonyl (C=O) groups excluding carboxylic acids is 1. The van der Waals surface area contributed by atoms with Crippen LogP contribution in [0.2, 0.25) is 0 Å². The molecule has 1 amide bonds. The fourth-order valence-electron chi connectivity index (χ4n) is 3.26.